The summed E-state index contributed by atoms with van der Waals surface area (Å²) in [6.45, 7) is 12.2. The molecule has 1 atom stereocenters. The van der Waals surface area contributed by atoms with Crippen LogP contribution in [-0.4, -0.2) is 73.9 Å². The molecule has 0 aliphatic carbocycles. The zero-order chi connectivity index (χ0) is 33.9. The molecule has 1 aliphatic rings. The molecule has 0 bridgehead atoms. The number of esters is 1. The van der Waals surface area contributed by atoms with Crippen molar-refractivity contribution in [1.29, 1.82) is 0 Å². The molecule has 0 spiro atoms. The SMILES string of the molecule is Cc1ccc(S(=O)(=O)NCCOC(=O)c2ccc(NC(=O)C(C(=O)C(C)(C)C)N3C(=O)OC(C)(C)C3=O)c(OC(C)C)c2)cc1. The summed E-state index contributed by atoms with van der Waals surface area (Å²) in [5.74, 6) is -3.27. The first kappa shape index (κ1) is 35.2. The molecule has 1 saturated heterocycles. The second-order valence-corrected chi connectivity index (χ2v) is 14.1. The van der Waals surface area contributed by atoms with Crippen LogP contribution in [0, 0.1) is 12.3 Å². The van der Waals surface area contributed by atoms with Gasteiger partial charge in [0.05, 0.1) is 22.3 Å². The number of carbonyl (C=O) groups excluding carboxylic acids is 5. The van der Waals surface area contributed by atoms with E-state index in [2.05, 4.69) is 10.0 Å². The van der Waals surface area contributed by atoms with Crippen molar-refractivity contribution in [3.05, 3.63) is 53.6 Å². The molecule has 3 rings (SSSR count). The third kappa shape index (κ3) is 8.45. The van der Waals surface area contributed by atoms with Gasteiger partial charge in [-0.2, -0.15) is 0 Å². The number of nitrogens with one attached hydrogen (secondary N) is 2. The zero-order valence-electron chi connectivity index (χ0n) is 26.5. The number of carbonyl (C=O) groups is 5. The minimum absolute atomic E-state index is 0.0346. The summed E-state index contributed by atoms with van der Waals surface area (Å²) in [6.07, 6.45) is -1.54. The molecular weight excluding hydrogens is 606 g/mol. The largest absolute Gasteiger partial charge is 0.489 e. The van der Waals surface area contributed by atoms with Crippen molar-refractivity contribution in [2.24, 2.45) is 5.41 Å². The smallest absolute Gasteiger partial charge is 0.418 e. The number of imide groups is 1. The first-order valence-electron chi connectivity index (χ1n) is 14.2. The van der Waals surface area contributed by atoms with Crippen LogP contribution in [0.25, 0.3) is 0 Å². The van der Waals surface area contributed by atoms with Crippen LogP contribution in [0.3, 0.4) is 0 Å². The van der Waals surface area contributed by atoms with E-state index in [1.807, 2.05) is 6.92 Å². The Morgan fingerprint density at radius 1 is 1.02 bits per heavy atom. The quantitative estimate of drug-likeness (QED) is 0.197. The number of hydrogen-bond donors (Lipinski definition) is 2. The molecule has 244 valence electrons. The van der Waals surface area contributed by atoms with E-state index in [4.69, 9.17) is 14.2 Å². The van der Waals surface area contributed by atoms with E-state index in [-0.39, 0.29) is 35.0 Å². The maximum Gasteiger partial charge on any atom is 0.418 e. The fourth-order valence-corrected chi connectivity index (χ4v) is 5.19. The highest BCUT2D eigenvalue weighted by atomic mass is 32.2. The highest BCUT2D eigenvalue weighted by molar-refractivity contribution is 7.89. The van der Waals surface area contributed by atoms with E-state index >= 15 is 0 Å². The average molecular weight is 646 g/mol. The van der Waals surface area contributed by atoms with E-state index in [0.29, 0.717) is 4.90 Å². The average Bonchev–Trinajstić information content (AvgIpc) is 3.13. The Labute approximate surface area is 262 Å². The number of hydrogen-bond acceptors (Lipinski definition) is 10. The molecular formula is C31H39N3O10S. The molecule has 14 heteroatoms. The van der Waals surface area contributed by atoms with Gasteiger partial charge in [-0.25, -0.2) is 27.6 Å². The van der Waals surface area contributed by atoms with Gasteiger partial charge in [-0.3, -0.25) is 14.4 Å². The van der Waals surface area contributed by atoms with Gasteiger partial charge in [0.1, 0.15) is 12.4 Å². The van der Waals surface area contributed by atoms with Crippen molar-refractivity contribution in [2.45, 2.75) is 78.0 Å². The van der Waals surface area contributed by atoms with Gasteiger partial charge in [0.2, 0.25) is 10.0 Å². The second kappa shape index (κ2) is 13.4. The van der Waals surface area contributed by atoms with Crippen LogP contribution in [0.1, 0.15) is 64.4 Å². The molecule has 0 saturated carbocycles. The molecule has 1 heterocycles. The molecule has 45 heavy (non-hydrogen) atoms. The number of nitrogens with zero attached hydrogens (tertiary/aromatic N) is 1. The molecule has 2 aromatic carbocycles. The molecule has 3 amide bonds. The number of aryl methyl sites for hydroxylation is 1. The lowest BCUT2D eigenvalue weighted by Gasteiger charge is -2.28. The highest BCUT2D eigenvalue weighted by Crippen LogP contribution is 2.32. The van der Waals surface area contributed by atoms with Gasteiger partial charge in [-0.15, -0.1) is 0 Å². The summed E-state index contributed by atoms with van der Waals surface area (Å²) in [7, 11) is -3.80. The van der Waals surface area contributed by atoms with Gasteiger partial charge in [0, 0.05) is 12.0 Å². The Kier molecular flexibility index (Phi) is 10.4. The number of Topliss-reactive ketones (excluding diaryl/α,β-unsaturated/α-hetero) is 1. The fourth-order valence-electron chi connectivity index (χ4n) is 4.18. The van der Waals surface area contributed by atoms with Crippen LogP contribution in [0.5, 0.6) is 5.75 Å². The number of rotatable bonds is 12. The Morgan fingerprint density at radius 2 is 1.64 bits per heavy atom. The number of cyclic esters (lactones) is 1. The molecule has 2 aromatic rings. The minimum atomic E-state index is -3.80. The van der Waals surface area contributed by atoms with Crippen molar-refractivity contribution in [3.8, 4) is 5.75 Å². The number of ketones is 1. The predicted octanol–water partition coefficient (Wildman–Crippen LogP) is 3.60. The van der Waals surface area contributed by atoms with E-state index in [0.717, 1.165) is 5.56 Å². The third-order valence-electron chi connectivity index (χ3n) is 6.56. The molecule has 1 unspecified atom stereocenters. The van der Waals surface area contributed by atoms with Crippen LogP contribution in [0.15, 0.2) is 47.4 Å². The number of benzene rings is 2. The van der Waals surface area contributed by atoms with Crippen LogP contribution < -0.4 is 14.8 Å². The second-order valence-electron chi connectivity index (χ2n) is 12.3. The lowest BCUT2D eigenvalue weighted by molar-refractivity contribution is -0.145. The standard InChI is InChI=1S/C31H39N3O10S/c1-18(2)43-23-17-20(27(37)42-16-15-32-45(40,41)21-12-9-19(3)10-13-21)11-14-22(23)33-26(36)24(25(35)30(4,5)6)34-28(38)31(7,8)44-29(34)39/h9-14,17-18,24,32H,15-16H2,1-8H3,(H,33,36). The maximum atomic E-state index is 13.6. The summed E-state index contributed by atoms with van der Waals surface area (Å²) >= 11 is 0. The zero-order valence-corrected chi connectivity index (χ0v) is 27.4. The summed E-state index contributed by atoms with van der Waals surface area (Å²) < 4.78 is 43.4. The fraction of sp³-hybridized carbons (Fsp3) is 0.452. The minimum Gasteiger partial charge on any atom is -0.489 e. The number of sulfonamides is 1. The van der Waals surface area contributed by atoms with Gasteiger partial charge in [-0.05, 0) is 65.0 Å². The van der Waals surface area contributed by atoms with Gasteiger partial charge >= 0.3 is 12.1 Å². The molecule has 0 radical (unpaired) electrons. The van der Waals surface area contributed by atoms with Crippen LogP contribution in [0.2, 0.25) is 0 Å². The summed E-state index contributed by atoms with van der Waals surface area (Å²) in [5.41, 5.74) is -1.69. The maximum absolute atomic E-state index is 13.6. The Bertz CT molecular complexity index is 1590. The lowest BCUT2D eigenvalue weighted by Crippen LogP contribution is -2.55. The number of ether oxygens (including phenoxy) is 3. The normalized spacial score (nSPS) is 15.4. The summed E-state index contributed by atoms with van der Waals surface area (Å²) in [5, 5.41) is 2.55. The Hall–Kier alpha value is -4.30. The van der Waals surface area contributed by atoms with E-state index in [9.17, 15) is 32.4 Å². The van der Waals surface area contributed by atoms with Gasteiger partial charge in [0.25, 0.3) is 11.8 Å². The van der Waals surface area contributed by atoms with Crippen molar-refractivity contribution in [2.75, 3.05) is 18.5 Å². The summed E-state index contributed by atoms with van der Waals surface area (Å²) in [4.78, 5) is 66.0. The van der Waals surface area contributed by atoms with Crippen molar-refractivity contribution >= 4 is 45.4 Å². The molecule has 13 nitrogen and oxygen atoms in total. The summed E-state index contributed by atoms with van der Waals surface area (Å²) in [6, 6.07) is 8.43. The lowest BCUT2D eigenvalue weighted by atomic mass is 9.85. The molecule has 2 N–H and O–H groups in total. The van der Waals surface area contributed by atoms with Crippen LogP contribution >= 0.6 is 0 Å². The first-order valence-corrected chi connectivity index (χ1v) is 15.7. The predicted molar refractivity (Wildman–Crippen MR) is 163 cm³/mol. The molecule has 1 fully saturated rings. The van der Waals surface area contributed by atoms with Gasteiger partial charge in [0.15, 0.2) is 17.4 Å². The molecule has 0 aromatic heterocycles. The van der Waals surface area contributed by atoms with Crippen molar-refractivity contribution < 1.29 is 46.6 Å². The van der Waals surface area contributed by atoms with Gasteiger partial charge < -0.3 is 19.5 Å². The molecule has 1 aliphatic heterocycles. The Morgan fingerprint density at radius 3 is 2.18 bits per heavy atom. The number of amides is 3. The number of anilines is 1. The van der Waals surface area contributed by atoms with Crippen molar-refractivity contribution in [1.82, 2.24) is 9.62 Å². The van der Waals surface area contributed by atoms with E-state index in [1.54, 1.807) is 46.8 Å². The monoisotopic (exact) mass is 645 g/mol. The van der Waals surface area contributed by atoms with Crippen molar-refractivity contribution in [3.63, 3.8) is 0 Å². The van der Waals surface area contributed by atoms with E-state index in [1.165, 1.54) is 44.2 Å². The van der Waals surface area contributed by atoms with E-state index < -0.39 is 62.8 Å². The highest BCUT2D eigenvalue weighted by Gasteiger charge is 2.55. The topological polar surface area (TPSA) is 174 Å². The third-order valence-corrected chi connectivity index (χ3v) is 8.04. The Balaban J connectivity index is 1.78. The van der Waals surface area contributed by atoms with Crippen LogP contribution in [-0.2, 0) is 33.9 Å². The first-order chi connectivity index (χ1) is 20.7. The van der Waals surface area contributed by atoms with Crippen LogP contribution in [0.4, 0.5) is 10.5 Å². The van der Waals surface area contributed by atoms with Gasteiger partial charge in [-0.1, -0.05) is 38.5 Å².